The Balaban J connectivity index is 2.38. The van der Waals surface area contributed by atoms with Gasteiger partial charge in [-0.2, -0.15) is 5.26 Å². The molecule has 1 rings (SSSR count). The average Bonchev–Trinajstić information content (AvgIpc) is 2.38. The van der Waals surface area contributed by atoms with Crippen LogP contribution in [0.3, 0.4) is 0 Å². The van der Waals surface area contributed by atoms with Gasteiger partial charge in [-0.1, -0.05) is 25.5 Å². The number of unbranched alkanes of at least 4 members (excludes halogenated alkanes) is 1. The highest BCUT2D eigenvalue weighted by molar-refractivity contribution is 5.44. The van der Waals surface area contributed by atoms with Crippen molar-refractivity contribution in [3.05, 3.63) is 29.8 Å². The number of hydrogen-bond donors (Lipinski definition) is 1. The van der Waals surface area contributed by atoms with Crippen LogP contribution < -0.4 is 5.32 Å². The van der Waals surface area contributed by atoms with Crippen LogP contribution in [0.25, 0.3) is 0 Å². The van der Waals surface area contributed by atoms with Gasteiger partial charge in [0.2, 0.25) is 0 Å². The standard InChI is InChI=1S/C16H24N2/c1-4-5-6-14-7-9-15(10-8-14)18-12-11-16(2,3)13-17/h7-10,18H,4-6,11-12H2,1-3H3. The van der Waals surface area contributed by atoms with E-state index in [1.807, 2.05) is 13.8 Å². The molecule has 0 aromatic heterocycles. The Morgan fingerprint density at radius 1 is 1.22 bits per heavy atom. The van der Waals surface area contributed by atoms with Crippen LogP contribution in [-0.4, -0.2) is 6.54 Å². The van der Waals surface area contributed by atoms with E-state index in [4.69, 9.17) is 5.26 Å². The molecule has 0 saturated heterocycles. The topological polar surface area (TPSA) is 35.8 Å². The Labute approximate surface area is 111 Å². The highest BCUT2D eigenvalue weighted by Crippen LogP contribution is 2.19. The number of benzene rings is 1. The van der Waals surface area contributed by atoms with Crippen molar-refractivity contribution in [3.8, 4) is 6.07 Å². The molecule has 0 amide bonds. The third-order valence-electron chi connectivity index (χ3n) is 3.15. The zero-order valence-electron chi connectivity index (χ0n) is 11.8. The summed E-state index contributed by atoms with van der Waals surface area (Å²) in [6, 6.07) is 11.0. The predicted molar refractivity (Wildman–Crippen MR) is 77.6 cm³/mol. The number of nitrogens with one attached hydrogen (secondary N) is 1. The van der Waals surface area contributed by atoms with Crippen LogP contribution in [0.4, 0.5) is 5.69 Å². The summed E-state index contributed by atoms with van der Waals surface area (Å²) in [5.41, 5.74) is 2.30. The molecule has 0 saturated carbocycles. The molecule has 18 heavy (non-hydrogen) atoms. The highest BCUT2D eigenvalue weighted by atomic mass is 14.9. The summed E-state index contributed by atoms with van der Waals surface area (Å²) >= 11 is 0. The second kappa shape index (κ2) is 7.06. The molecule has 0 unspecified atom stereocenters. The molecule has 2 heteroatoms. The molecule has 0 bridgehead atoms. The summed E-state index contributed by atoms with van der Waals surface area (Å²) < 4.78 is 0. The molecular weight excluding hydrogens is 220 g/mol. The van der Waals surface area contributed by atoms with Gasteiger partial charge in [0.05, 0.1) is 11.5 Å². The van der Waals surface area contributed by atoms with E-state index >= 15 is 0 Å². The van der Waals surface area contributed by atoms with Gasteiger partial charge in [0, 0.05) is 12.2 Å². The largest absolute Gasteiger partial charge is 0.385 e. The minimum atomic E-state index is -0.242. The van der Waals surface area contributed by atoms with E-state index in [9.17, 15) is 0 Å². The molecule has 0 atom stereocenters. The highest BCUT2D eigenvalue weighted by Gasteiger charge is 2.15. The van der Waals surface area contributed by atoms with Crippen LogP contribution >= 0.6 is 0 Å². The van der Waals surface area contributed by atoms with Crippen molar-refractivity contribution in [1.29, 1.82) is 5.26 Å². The van der Waals surface area contributed by atoms with Gasteiger partial charge >= 0.3 is 0 Å². The van der Waals surface area contributed by atoms with Crippen molar-refractivity contribution in [2.24, 2.45) is 5.41 Å². The third-order valence-corrected chi connectivity index (χ3v) is 3.15. The van der Waals surface area contributed by atoms with Crippen molar-refractivity contribution in [2.45, 2.75) is 46.5 Å². The summed E-state index contributed by atoms with van der Waals surface area (Å²) in [7, 11) is 0. The number of hydrogen-bond acceptors (Lipinski definition) is 2. The minimum absolute atomic E-state index is 0.242. The zero-order chi connectivity index (χ0) is 13.4. The molecule has 0 aliphatic heterocycles. The van der Waals surface area contributed by atoms with Gasteiger partial charge in [-0.15, -0.1) is 0 Å². The van der Waals surface area contributed by atoms with E-state index < -0.39 is 0 Å². The number of anilines is 1. The van der Waals surface area contributed by atoms with Crippen molar-refractivity contribution in [1.82, 2.24) is 0 Å². The first kappa shape index (κ1) is 14.6. The predicted octanol–water partition coefficient (Wildman–Crippen LogP) is 4.38. The first-order chi connectivity index (χ1) is 8.57. The summed E-state index contributed by atoms with van der Waals surface area (Å²) in [6.07, 6.45) is 4.52. The fourth-order valence-corrected chi connectivity index (χ4v) is 1.75. The maximum atomic E-state index is 8.93. The van der Waals surface area contributed by atoms with E-state index in [-0.39, 0.29) is 5.41 Å². The van der Waals surface area contributed by atoms with Crippen LogP contribution in [0.15, 0.2) is 24.3 Å². The van der Waals surface area contributed by atoms with Crippen LogP contribution in [-0.2, 0) is 6.42 Å². The van der Waals surface area contributed by atoms with E-state index in [1.165, 1.54) is 18.4 Å². The summed E-state index contributed by atoms with van der Waals surface area (Å²) in [5, 5.41) is 12.3. The van der Waals surface area contributed by atoms with Crippen molar-refractivity contribution in [2.75, 3.05) is 11.9 Å². The van der Waals surface area contributed by atoms with Crippen molar-refractivity contribution >= 4 is 5.69 Å². The van der Waals surface area contributed by atoms with Gasteiger partial charge in [-0.05, 0) is 50.8 Å². The molecule has 2 nitrogen and oxygen atoms in total. The second-order valence-corrected chi connectivity index (χ2v) is 5.47. The van der Waals surface area contributed by atoms with Crippen molar-refractivity contribution < 1.29 is 0 Å². The van der Waals surface area contributed by atoms with Crippen LogP contribution in [0.1, 0.15) is 45.6 Å². The lowest BCUT2D eigenvalue weighted by molar-refractivity contribution is 0.466. The monoisotopic (exact) mass is 244 g/mol. The molecular formula is C16H24N2. The molecule has 1 aromatic rings. The van der Waals surface area contributed by atoms with E-state index in [2.05, 4.69) is 42.6 Å². The quantitative estimate of drug-likeness (QED) is 0.772. The molecule has 1 N–H and O–H groups in total. The van der Waals surface area contributed by atoms with Crippen LogP contribution in [0.5, 0.6) is 0 Å². The van der Waals surface area contributed by atoms with Gasteiger partial charge in [0.15, 0.2) is 0 Å². The average molecular weight is 244 g/mol. The van der Waals surface area contributed by atoms with Gasteiger partial charge in [-0.3, -0.25) is 0 Å². The van der Waals surface area contributed by atoms with Gasteiger partial charge < -0.3 is 5.32 Å². The Hall–Kier alpha value is -1.49. The molecule has 98 valence electrons. The number of nitriles is 1. The molecule has 0 spiro atoms. The minimum Gasteiger partial charge on any atom is -0.385 e. The first-order valence-corrected chi connectivity index (χ1v) is 6.81. The molecule has 0 heterocycles. The smallest absolute Gasteiger partial charge is 0.0684 e. The van der Waals surface area contributed by atoms with Gasteiger partial charge in [-0.25, -0.2) is 0 Å². The van der Waals surface area contributed by atoms with E-state index in [0.29, 0.717) is 0 Å². The summed E-state index contributed by atoms with van der Waals surface area (Å²) in [6.45, 7) is 7.01. The zero-order valence-corrected chi connectivity index (χ0v) is 11.8. The Morgan fingerprint density at radius 2 is 1.89 bits per heavy atom. The normalized spacial score (nSPS) is 11.0. The summed E-state index contributed by atoms with van der Waals surface area (Å²) in [4.78, 5) is 0. The lowest BCUT2D eigenvalue weighted by Crippen LogP contribution is -2.14. The molecule has 0 aliphatic rings. The Kier molecular flexibility index (Phi) is 5.71. The SMILES string of the molecule is CCCCc1ccc(NCCC(C)(C)C#N)cc1. The maximum Gasteiger partial charge on any atom is 0.0684 e. The molecule has 0 fully saturated rings. The maximum absolute atomic E-state index is 8.93. The van der Waals surface area contributed by atoms with Crippen LogP contribution in [0.2, 0.25) is 0 Å². The van der Waals surface area contributed by atoms with E-state index in [1.54, 1.807) is 0 Å². The van der Waals surface area contributed by atoms with Gasteiger partial charge in [0.25, 0.3) is 0 Å². The van der Waals surface area contributed by atoms with Gasteiger partial charge in [0.1, 0.15) is 0 Å². The number of rotatable bonds is 7. The Morgan fingerprint density at radius 3 is 2.44 bits per heavy atom. The third kappa shape index (κ3) is 5.23. The lowest BCUT2D eigenvalue weighted by atomic mass is 9.91. The van der Waals surface area contributed by atoms with Crippen LogP contribution in [0, 0.1) is 16.7 Å². The van der Waals surface area contributed by atoms with Crippen molar-refractivity contribution in [3.63, 3.8) is 0 Å². The molecule has 0 radical (unpaired) electrons. The number of nitrogens with zero attached hydrogens (tertiary/aromatic N) is 1. The fraction of sp³-hybridized carbons (Fsp3) is 0.562. The molecule has 1 aromatic carbocycles. The Bertz CT molecular complexity index is 385. The van der Waals surface area contributed by atoms with E-state index in [0.717, 1.165) is 25.1 Å². The second-order valence-electron chi connectivity index (χ2n) is 5.47. The summed E-state index contributed by atoms with van der Waals surface area (Å²) in [5.74, 6) is 0. The fourth-order valence-electron chi connectivity index (χ4n) is 1.75. The first-order valence-electron chi connectivity index (χ1n) is 6.81. The number of aryl methyl sites for hydroxylation is 1. The molecule has 0 aliphatic carbocycles. The lowest BCUT2D eigenvalue weighted by Gasteiger charge is -2.15.